The van der Waals surface area contributed by atoms with Crippen LogP contribution in [0.4, 0.5) is 5.69 Å². The van der Waals surface area contributed by atoms with Gasteiger partial charge in [-0.3, -0.25) is 0 Å². The van der Waals surface area contributed by atoms with Crippen molar-refractivity contribution in [2.45, 2.75) is 7.59 Å². The van der Waals surface area contributed by atoms with E-state index in [4.69, 9.17) is 69.6 Å². The zero-order valence-electron chi connectivity index (χ0n) is 11.3. The second-order valence-corrected chi connectivity index (χ2v) is 9.05. The van der Waals surface area contributed by atoms with Crippen molar-refractivity contribution in [3.05, 3.63) is 48.1 Å². The first-order valence-corrected chi connectivity index (χ1v) is 8.03. The maximum atomic E-state index is 6.08. The van der Waals surface area contributed by atoms with Gasteiger partial charge in [-0.15, -0.1) is 0 Å². The topological polar surface area (TPSA) is 3.24 Å². The summed E-state index contributed by atoms with van der Waals surface area (Å²) >= 11 is 35.7. The molecule has 0 N–H and O–H groups in total. The Hall–Kier alpha value is 0.240. The van der Waals surface area contributed by atoms with Gasteiger partial charge in [-0.05, 0) is 17.7 Å². The second-order valence-electron chi connectivity index (χ2n) is 4.49. The highest BCUT2D eigenvalue weighted by molar-refractivity contribution is 6.73. The number of nitrogens with zero attached hydrogens (tertiary/aromatic N) is 1. The Labute approximate surface area is 155 Å². The average Bonchev–Trinajstić information content (AvgIpc) is 2.32. The molecule has 0 saturated heterocycles. The summed E-state index contributed by atoms with van der Waals surface area (Å²) in [6, 6.07) is 7.45. The molecule has 0 bridgehead atoms. The molecule has 0 saturated carbocycles. The third kappa shape index (κ3) is 5.42. The highest BCUT2D eigenvalue weighted by Gasteiger charge is 2.32. The first-order valence-electron chi connectivity index (χ1n) is 5.76. The van der Waals surface area contributed by atoms with Crippen molar-refractivity contribution >= 4 is 80.9 Å². The molecule has 0 heterocycles. The smallest absolute Gasteiger partial charge is 0.216 e. The monoisotopic (exact) mass is 405 g/mol. The molecular weight excluding hydrogens is 395 g/mol. The SMILES string of the molecule is C=C(C=C(c1ccccc1N(C)C)C(Cl)(Cl)Cl)C(Cl)(Cl)Cl. The highest BCUT2D eigenvalue weighted by Crippen LogP contribution is 2.46. The number of anilines is 1. The molecule has 0 amide bonds. The lowest BCUT2D eigenvalue weighted by molar-refractivity contribution is 1.12. The van der Waals surface area contributed by atoms with Crippen molar-refractivity contribution in [1.29, 1.82) is 0 Å². The fraction of sp³-hybridized carbons (Fsp3) is 0.286. The van der Waals surface area contributed by atoms with Crippen molar-refractivity contribution in [1.82, 2.24) is 0 Å². The summed E-state index contributed by atoms with van der Waals surface area (Å²) in [6.07, 6.45) is 1.49. The minimum absolute atomic E-state index is 0.211. The number of halogens is 6. The van der Waals surface area contributed by atoms with Crippen molar-refractivity contribution in [2.24, 2.45) is 0 Å². The van der Waals surface area contributed by atoms with Gasteiger partial charge in [0.25, 0.3) is 0 Å². The summed E-state index contributed by atoms with van der Waals surface area (Å²) in [6.45, 7) is 3.72. The third-order valence-corrected chi connectivity index (χ3v) is 4.00. The summed E-state index contributed by atoms with van der Waals surface area (Å²) in [7, 11) is 3.77. The van der Waals surface area contributed by atoms with E-state index in [9.17, 15) is 0 Å². The van der Waals surface area contributed by atoms with Crippen molar-refractivity contribution < 1.29 is 0 Å². The molecule has 1 aromatic rings. The molecule has 0 radical (unpaired) electrons. The lowest BCUT2D eigenvalue weighted by Crippen LogP contribution is -2.15. The molecule has 0 spiro atoms. The first-order chi connectivity index (χ1) is 9.44. The third-order valence-electron chi connectivity index (χ3n) is 2.66. The van der Waals surface area contributed by atoms with E-state index >= 15 is 0 Å². The van der Waals surface area contributed by atoms with Gasteiger partial charge in [-0.2, -0.15) is 0 Å². The van der Waals surface area contributed by atoms with Crippen LogP contribution in [0, 0.1) is 0 Å². The average molecular weight is 408 g/mol. The Morgan fingerprint density at radius 3 is 1.95 bits per heavy atom. The predicted molar refractivity (Wildman–Crippen MR) is 98.5 cm³/mol. The Bertz CT molecular complexity index is 551. The first kappa shape index (κ1) is 19.3. The fourth-order valence-corrected chi connectivity index (χ4v) is 2.29. The van der Waals surface area contributed by atoms with Crippen molar-refractivity contribution in [3.8, 4) is 0 Å². The molecule has 1 nitrogen and oxygen atoms in total. The fourth-order valence-electron chi connectivity index (χ4n) is 1.66. The molecule has 21 heavy (non-hydrogen) atoms. The number of benzene rings is 1. The highest BCUT2D eigenvalue weighted by atomic mass is 35.6. The van der Waals surface area contributed by atoms with Crippen LogP contribution in [0.1, 0.15) is 5.56 Å². The number of hydrogen-bond acceptors (Lipinski definition) is 1. The van der Waals surface area contributed by atoms with Gasteiger partial charge < -0.3 is 4.90 Å². The largest absolute Gasteiger partial charge is 0.377 e. The summed E-state index contributed by atoms with van der Waals surface area (Å²) in [5, 5.41) is 0. The van der Waals surface area contributed by atoms with Gasteiger partial charge in [0.05, 0.1) is 0 Å². The minimum atomic E-state index is -1.69. The Balaban J connectivity index is 3.49. The quantitative estimate of drug-likeness (QED) is 0.412. The lowest BCUT2D eigenvalue weighted by atomic mass is 10.0. The molecule has 0 atom stereocenters. The zero-order valence-corrected chi connectivity index (χ0v) is 15.8. The van der Waals surface area contributed by atoms with E-state index in [1.165, 1.54) is 6.08 Å². The van der Waals surface area contributed by atoms with Gasteiger partial charge in [0.1, 0.15) is 0 Å². The van der Waals surface area contributed by atoms with Gasteiger partial charge in [-0.1, -0.05) is 94.4 Å². The van der Waals surface area contributed by atoms with Crippen LogP contribution in [0.2, 0.25) is 0 Å². The lowest BCUT2D eigenvalue weighted by Gasteiger charge is -2.24. The Morgan fingerprint density at radius 2 is 1.52 bits per heavy atom. The van der Waals surface area contributed by atoms with E-state index in [0.29, 0.717) is 5.57 Å². The van der Waals surface area contributed by atoms with Crippen molar-refractivity contribution in [2.75, 3.05) is 19.0 Å². The number of alkyl halides is 6. The van der Waals surface area contributed by atoms with Crippen LogP contribution in [-0.2, 0) is 0 Å². The van der Waals surface area contributed by atoms with Crippen LogP contribution >= 0.6 is 69.6 Å². The van der Waals surface area contributed by atoms with Crippen LogP contribution in [0.25, 0.3) is 5.57 Å². The Morgan fingerprint density at radius 1 is 1.00 bits per heavy atom. The summed E-state index contributed by atoms with van der Waals surface area (Å²) < 4.78 is -3.36. The molecule has 1 rings (SSSR count). The molecule has 0 aromatic heterocycles. The number of para-hydroxylation sites is 1. The number of hydrogen-bond donors (Lipinski definition) is 0. The van der Waals surface area contributed by atoms with E-state index in [0.717, 1.165) is 11.3 Å². The minimum Gasteiger partial charge on any atom is -0.377 e. The van der Waals surface area contributed by atoms with Crippen LogP contribution in [0.15, 0.2) is 42.5 Å². The van der Waals surface area contributed by atoms with E-state index < -0.39 is 7.59 Å². The predicted octanol–water partition coefficient (Wildman–Crippen LogP) is 6.43. The molecular formula is C14H13Cl6N. The van der Waals surface area contributed by atoms with Crippen LogP contribution in [0.3, 0.4) is 0 Å². The summed E-state index contributed by atoms with van der Waals surface area (Å²) in [5.74, 6) is 0. The maximum absolute atomic E-state index is 6.08. The molecule has 0 unspecified atom stereocenters. The van der Waals surface area contributed by atoms with E-state index in [1.807, 2.05) is 43.3 Å². The van der Waals surface area contributed by atoms with Gasteiger partial charge in [-0.25, -0.2) is 0 Å². The van der Waals surface area contributed by atoms with Gasteiger partial charge in [0, 0.05) is 30.9 Å². The van der Waals surface area contributed by atoms with E-state index in [-0.39, 0.29) is 5.57 Å². The number of rotatable bonds is 3. The van der Waals surface area contributed by atoms with E-state index in [2.05, 4.69) is 6.58 Å². The summed E-state index contributed by atoms with van der Waals surface area (Å²) in [5.41, 5.74) is 2.18. The molecule has 116 valence electrons. The van der Waals surface area contributed by atoms with Crippen LogP contribution in [-0.4, -0.2) is 21.7 Å². The molecule has 1 aromatic carbocycles. The van der Waals surface area contributed by atoms with Crippen LogP contribution < -0.4 is 4.90 Å². The normalized spacial score (nSPS) is 13.2. The molecule has 0 aliphatic carbocycles. The summed E-state index contributed by atoms with van der Waals surface area (Å²) in [4.78, 5) is 1.90. The van der Waals surface area contributed by atoms with Crippen molar-refractivity contribution in [3.63, 3.8) is 0 Å². The van der Waals surface area contributed by atoms with Gasteiger partial charge in [0.2, 0.25) is 7.59 Å². The van der Waals surface area contributed by atoms with Gasteiger partial charge in [0.15, 0.2) is 0 Å². The standard InChI is InChI=1S/C14H13Cl6N/c1-9(13(15,16)17)8-11(14(18,19)20)10-6-4-5-7-12(10)21(2)3/h4-8H,1H2,2-3H3. The van der Waals surface area contributed by atoms with Gasteiger partial charge >= 0.3 is 0 Å². The molecule has 7 heteroatoms. The molecule has 0 aliphatic heterocycles. The molecule has 0 fully saturated rings. The number of allylic oxidation sites excluding steroid dienone is 3. The molecule has 0 aliphatic rings. The second kappa shape index (κ2) is 7.21. The Kier molecular flexibility index (Phi) is 6.62. The van der Waals surface area contributed by atoms with Crippen LogP contribution in [0.5, 0.6) is 0 Å². The zero-order chi connectivity index (χ0) is 16.4. The maximum Gasteiger partial charge on any atom is 0.216 e. The van der Waals surface area contributed by atoms with E-state index in [1.54, 1.807) is 0 Å².